The molecule has 0 saturated heterocycles. The number of rotatable bonds is 6. The molecule has 3 aliphatic rings. The van der Waals surface area contributed by atoms with Crippen LogP contribution in [0.4, 0.5) is 0 Å². The van der Waals surface area contributed by atoms with Crippen molar-refractivity contribution in [3.05, 3.63) is 129 Å². The molecule has 2 unspecified atom stereocenters. The third-order valence-electron chi connectivity index (χ3n) is 10.0. The van der Waals surface area contributed by atoms with Gasteiger partial charge in [0.2, 0.25) is 0 Å². The Morgan fingerprint density at radius 1 is 0.571 bits per heavy atom. The predicted molar refractivity (Wildman–Crippen MR) is 180 cm³/mol. The Morgan fingerprint density at radius 2 is 0.976 bits per heavy atom. The van der Waals surface area contributed by atoms with Gasteiger partial charge in [0.1, 0.15) is 0 Å². The molecule has 1 aliphatic heterocycles. The van der Waals surface area contributed by atoms with Crippen molar-refractivity contribution in [2.45, 2.75) is 73.7 Å². The number of aryl methyl sites for hydroxylation is 2. The van der Waals surface area contributed by atoms with Gasteiger partial charge in [0.05, 0.1) is 0 Å². The predicted octanol–water partition coefficient (Wildman–Crippen LogP) is 11.4. The minimum atomic E-state index is -2.12. The molecule has 4 aromatic rings. The number of fused-ring (bicyclic) bond motifs is 8. The Labute approximate surface area is 265 Å². The molecule has 0 N–H and O–H groups in total. The summed E-state index contributed by atoms with van der Waals surface area (Å²) < 4.78 is 1.37. The van der Waals surface area contributed by atoms with Crippen molar-refractivity contribution in [3.8, 4) is 22.3 Å². The van der Waals surface area contributed by atoms with Crippen molar-refractivity contribution in [2.75, 3.05) is 0 Å². The fourth-order valence-corrected chi connectivity index (χ4v) is 18.5. The molecule has 2 heteroatoms. The molecule has 0 amide bonds. The van der Waals surface area contributed by atoms with E-state index < -0.39 is 31.3 Å². The molecule has 2 aliphatic carbocycles. The molecule has 0 aromatic heterocycles. The van der Waals surface area contributed by atoms with Crippen LogP contribution in [0.2, 0.25) is 13.1 Å². The molecule has 1 heterocycles. The van der Waals surface area contributed by atoms with Gasteiger partial charge < -0.3 is 0 Å². The van der Waals surface area contributed by atoms with Crippen LogP contribution in [0.25, 0.3) is 32.6 Å². The van der Waals surface area contributed by atoms with Crippen LogP contribution in [0.15, 0.2) is 96.1 Å². The molecule has 0 saturated carbocycles. The van der Waals surface area contributed by atoms with Gasteiger partial charge in [0.25, 0.3) is 0 Å². The van der Waals surface area contributed by atoms with Crippen molar-refractivity contribution in [1.29, 1.82) is 0 Å². The molecule has 4 aromatic carbocycles. The van der Waals surface area contributed by atoms with E-state index >= 15 is 0 Å². The van der Waals surface area contributed by atoms with Crippen molar-refractivity contribution in [2.24, 2.45) is 0 Å². The molecule has 0 fully saturated rings. The monoisotopic (exact) mass is 640 g/mol. The van der Waals surface area contributed by atoms with Crippen LogP contribution >= 0.6 is 0 Å². The van der Waals surface area contributed by atoms with E-state index in [-0.39, 0.29) is 0 Å². The van der Waals surface area contributed by atoms with Crippen LogP contribution in [-0.2, 0) is 23.2 Å². The van der Waals surface area contributed by atoms with E-state index in [1.165, 1.54) is 59.1 Å². The zero-order valence-corrected chi connectivity index (χ0v) is 29.5. The van der Waals surface area contributed by atoms with E-state index in [2.05, 4.69) is 126 Å². The van der Waals surface area contributed by atoms with E-state index in [9.17, 15) is 0 Å². The first kappa shape index (κ1) is 28.2. The van der Waals surface area contributed by atoms with Gasteiger partial charge in [-0.3, -0.25) is 0 Å². The second kappa shape index (κ2) is 10.9. The van der Waals surface area contributed by atoms with E-state index in [1.807, 2.05) is 11.1 Å². The molecule has 7 rings (SSSR count). The number of allylic oxidation sites excluding steroid dienone is 2. The van der Waals surface area contributed by atoms with Crippen molar-refractivity contribution in [1.82, 2.24) is 0 Å². The van der Waals surface area contributed by atoms with E-state index in [1.54, 1.807) is 32.6 Å². The Hall–Kier alpha value is -2.54. The van der Waals surface area contributed by atoms with Crippen LogP contribution in [0.3, 0.4) is 0 Å². The van der Waals surface area contributed by atoms with Crippen LogP contribution in [0.1, 0.15) is 80.2 Å². The van der Waals surface area contributed by atoms with Crippen LogP contribution in [-0.4, -0.2) is 8.07 Å². The quantitative estimate of drug-likeness (QED) is 0.184. The van der Waals surface area contributed by atoms with E-state index in [0.29, 0.717) is 7.25 Å². The van der Waals surface area contributed by atoms with Crippen molar-refractivity contribution < 1.29 is 23.2 Å². The van der Waals surface area contributed by atoms with Gasteiger partial charge in [-0.2, -0.15) is 0 Å². The first-order valence-corrected chi connectivity index (χ1v) is 21.8. The summed E-state index contributed by atoms with van der Waals surface area (Å²) >= 11 is -0.927. The second-order valence-corrected chi connectivity index (χ2v) is 21.1. The molecular weight excluding hydrogens is 600 g/mol. The molecule has 210 valence electrons. The van der Waals surface area contributed by atoms with Crippen LogP contribution in [0, 0.1) is 13.8 Å². The maximum atomic E-state index is 2.72. The minimum absolute atomic E-state index is 0.683. The third-order valence-corrected chi connectivity index (χ3v) is 18.5. The van der Waals surface area contributed by atoms with Gasteiger partial charge in [-0.25, -0.2) is 0 Å². The zero-order chi connectivity index (χ0) is 29.2. The first-order valence-electron chi connectivity index (χ1n) is 16.0. The average molecular weight is 642 g/mol. The topological polar surface area (TPSA) is 0 Å². The van der Waals surface area contributed by atoms with Gasteiger partial charge in [-0.1, -0.05) is 0 Å². The summed E-state index contributed by atoms with van der Waals surface area (Å²) in [4.78, 5) is 0. The SMILES string of the molecule is CCCC1=C2c3c(-c4ccc(C)cc4)cccc3[CH]1[Zr][CH]1C(CCC)=C(c3c(-c4ccc(C)cc4)cccc31)[Si]2(C)C. The number of benzene rings is 4. The fraction of sp³-hybridized carbons (Fsp3) is 0.300. The Balaban J connectivity index is 1.53. The van der Waals surface area contributed by atoms with Gasteiger partial charge in [0, 0.05) is 0 Å². The summed E-state index contributed by atoms with van der Waals surface area (Å²) in [7, 11) is -2.12. The second-order valence-electron chi connectivity index (χ2n) is 13.2. The summed E-state index contributed by atoms with van der Waals surface area (Å²) in [6.07, 6.45) is 4.98. The standard InChI is InChI=1S/C40H42Si.Zr/c1-7-11-33-25-31-13-9-15-35(29-21-17-27(3)18-22-29)37(31)39(33)41(5,6)40-34(12-8-2)26-32-14-10-16-36(38(32)40)30-23-19-28(4)20-24-30;/h9-10,13-26H,7-8,11-12H2,1-6H3;. The van der Waals surface area contributed by atoms with Crippen molar-refractivity contribution >= 4 is 18.5 Å². The van der Waals surface area contributed by atoms with Gasteiger partial charge in [-0.05, 0) is 0 Å². The van der Waals surface area contributed by atoms with Gasteiger partial charge in [-0.15, -0.1) is 0 Å². The summed E-state index contributed by atoms with van der Waals surface area (Å²) in [5.74, 6) is 0. The number of hydrogen-bond donors (Lipinski definition) is 0. The third kappa shape index (κ3) is 4.31. The van der Waals surface area contributed by atoms with Gasteiger partial charge in [0.15, 0.2) is 0 Å². The molecule has 0 radical (unpaired) electrons. The molecule has 42 heavy (non-hydrogen) atoms. The molecule has 4 bridgehead atoms. The normalized spacial score (nSPS) is 19.8. The molecule has 0 spiro atoms. The average Bonchev–Trinajstić information content (AvgIpc) is 3.49. The maximum absolute atomic E-state index is 2.72. The van der Waals surface area contributed by atoms with E-state index in [4.69, 9.17) is 0 Å². The fourth-order valence-electron chi connectivity index (χ4n) is 8.29. The first-order chi connectivity index (χ1) is 20.3. The summed E-state index contributed by atoms with van der Waals surface area (Å²) in [5.41, 5.74) is 18.7. The summed E-state index contributed by atoms with van der Waals surface area (Å²) in [6, 6.07) is 33.3. The summed E-state index contributed by atoms with van der Waals surface area (Å²) in [5, 5.41) is 3.60. The van der Waals surface area contributed by atoms with Crippen molar-refractivity contribution in [3.63, 3.8) is 0 Å². The summed E-state index contributed by atoms with van der Waals surface area (Å²) in [6.45, 7) is 14.6. The van der Waals surface area contributed by atoms with Crippen LogP contribution < -0.4 is 0 Å². The Morgan fingerprint density at radius 3 is 1.36 bits per heavy atom. The Bertz CT molecular complexity index is 1620. The zero-order valence-electron chi connectivity index (χ0n) is 26.1. The number of hydrogen-bond acceptors (Lipinski definition) is 0. The van der Waals surface area contributed by atoms with Crippen LogP contribution in [0.5, 0.6) is 0 Å². The molecule has 0 nitrogen and oxygen atoms in total. The van der Waals surface area contributed by atoms with E-state index in [0.717, 1.165) is 0 Å². The Kier molecular flexibility index (Phi) is 7.31. The molecular formula is C40H42SiZr. The molecule has 2 atom stereocenters. The van der Waals surface area contributed by atoms with Gasteiger partial charge >= 0.3 is 267 Å².